The highest BCUT2D eigenvalue weighted by atomic mass is 15.3. The fraction of sp³-hybridized carbons (Fsp3) is 0.538. The van der Waals surface area contributed by atoms with Crippen molar-refractivity contribution in [1.29, 1.82) is 0 Å². The van der Waals surface area contributed by atoms with Gasteiger partial charge in [-0.2, -0.15) is 0 Å². The summed E-state index contributed by atoms with van der Waals surface area (Å²) >= 11 is 0. The zero-order valence-corrected chi connectivity index (χ0v) is 9.52. The Kier molecular flexibility index (Phi) is 2.58. The number of hydrogen-bond donors (Lipinski definition) is 2. The third-order valence-electron chi connectivity index (χ3n) is 3.73. The number of nitrogens with one attached hydrogen (secondary N) is 1. The Hall–Kier alpha value is -1.06. The SMILES string of the molecule is NCCc1cccc(N2CC3CC2CN3)c1. The lowest BCUT2D eigenvalue weighted by molar-refractivity contribution is 0.580. The number of fused-ring (bicyclic) bond motifs is 2. The Labute approximate surface area is 96.6 Å². The fourth-order valence-electron chi connectivity index (χ4n) is 2.93. The van der Waals surface area contributed by atoms with E-state index in [1.165, 1.54) is 17.7 Å². The Bertz CT molecular complexity index is 377. The van der Waals surface area contributed by atoms with Crippen molar-refractivity contribution in [2.45, 2.75) is 24.9 Å². The number of piperazine rings is 1. The van der Waals surface area contributed by atoms with Crippen molar-refractivity contribution in [3.05, 3.63) is 29.8 Å². The molecule has 0 spiro atoms. The lowest BCUT2D eigenvalue weighted by Gasteiger charge is -2.29. The van der Waals surface area contributed by atoms with E-state index in [9.17, 15) is 0 Å². The van der Waals surface area contributed by atoms with Crippen LogP contribution in [0.25, 0.3) is 0 Å². The first-order valence-electron chi connectivity index (χ1n) is 6.16. The van der Waals surface area contributed by atoms with E-state index in [1.54, 1.807) is 0 Å². The molecular formula is C13H19N3. The normalized spacial score (nSPS) is 27.7. The number of nitrogens with two attached hydrogens (primary N) is 1. The van der Waals surface area contributed by atoms with Gasteiger partial charge in [0.05, 0.1) is 0 Å². The summed E-state index contributed by atoms with van der Waals surface area (Å²) in [5.74, 6) is 0. The second-order valence-electron chi connectivity index (χ2n) is 4.86. The van der Waals surface area contributed by atoms with Gasteiger partial charge in [-0.05, 0) is 37.1 Å². The molecule has 16 heavy (non-hydrogen) atoms. The second kappa shape index (κ2) is 4.07. The van der Waals surface area contributed by atoms with Crippen molar-refractivity contribution >= 4 is 5.69 Å². The molecule has 2 saturated heterocycles. The molecule has 86 valence electrons. The molecule has 0 aliphatic carbocycles. The first kappa shape index (κ1) is 10.1. The predicted molar refractivity (Wildman–Crippen MR) is 66.7 cm³/mol. The van der Waals surface area contributed by atoms with Crippen LogP contribution < -0.4 is 16.0 Å². The molecule has 3 nitrogen and oxygen atoms in total. The maximum absolute atomic E-state index is 5.60. The van der Waals surface area contributed by atoms with Gasteiger partial charge in [-0.25, -0.2) is 0 Å². The molecule has 2 bridgehead atoms. The Morgan fingerprint density at radius 2 is 2.38 bits per heavy atom. The van der Waals surface area contributed by atoms with Crippen LogP contribution in [0.2, 0.25) is 0 Å². The summed E-state index contributed by atoms with van der Waals surface area (Å²) in [4.78, 5) is 2.54. The molecular weight excluding hydrogens is 198 g/mol. The minimum Gasteiger partial charge on any atom is -0.366 e. The van der Waals surface area contributed by atoms with Gasteiger partial charge in [0, 0.05) is 30.9 Å². The highest BCUT2D eigenvalue weighted by molar-refractivity contribution is 5.52. The summed E-state index contributed by atoms with van der Waals surface area (Å²) < 4.78 is 0. The molecule has 2 heterocycles. The molecule has 2 unspecified atom stereocenters. The van der Waals surface area contributed by atoms with Gasteiger partial charge in [0.1, 0.15) is 0 Å². The minimum atomic E-state index is 0.707. The smallest absolute Gasteiger partial charge is 0.0430 e. The minimum absolute atomic E-state index is 0.707. The largest absolute Gasteiger partial charge is 0.366 e. The van der Waals surface area contributed by atoms with Gasteiger partial charge in [0.15, 0.2) is 0 Å². The van der Waals surface area contributed by atoms with Gasteiger partial charge < -0.3 is 16.0 Å². The second-order valence-corrected chi connectivity index (χ2v) is 4.86. The third-order valence-corrected chi connectivity index (χ3v) is 3.73. The zero-order chi connectivity index (χ0) is 11.0. The first-order valence-corrected chi connectivity index (χ1v) is 6.16. The highest BCUT2D eigenvalue weighted by Gasteiger charge is 2.37. The van der Waals surface area contributed by atoms with Crippen LogP contribution in [0.15, 0.2) is 24.3 Å². The lowest BCUT2D eigenvalue weighted by Crippen LogP contribution is -2.43. The van der Waals surface area contributed by atoms with E-state index in [0.717, 1.165) is 26.1 Å². The molecule has 2 aliphatic rings. The van der Waals surface area contributed by atoms with E-state index in [4.69, 9.17) is 5.73 Å². The molecule has 2 aliphatic heterocycles. The van der Waals surface area contributed by atoms with E-state index in [0.29, 0.717) is 12.1 Å². The predicted octanol–water partition coefficient (Wildman–Crippen LogP) is 0.738. The first-order chi connectivity index (χ1) is 7.86. The topological polar surface area (TPSA) is 41.3 Å². The van der Waals surface area contributed by atoms with E-state index in [1.807, 2.05) is 0 Å². The quantitative estimate of drug-likeness (QED) is 0.784. The van der Waals surface area contributed by atoms with Crippen LogP contribution in [0.4, 0.5) is 5.69 Å². The number of benzene rings is 1. The van der Waals surface area contributed by atoms with Gasteiger partial charge in [-0.3, -0.25) is 0 Å². The summed E-state index contributed by atoms with van der Waals surface area (Å²) in [5.41, 5.74) is 8.33. The van der Waals surface area contributed by atoms with E-state index in [2.05, 4.69) is 34.5 Å². The molecule has 0 radical (unpaired) electrons. The van der Waals surface area contributed by atoms with Crippen molar-refractivity contribution < 1.29 is 0 Å². The van der Waals surface area contributed by atoms with Crippen LogP contribution in [0.3, 0.4) is 0 Å². The number of rotatable bonds is 3. The average molecular weight is 217 g/mol. The van der Waals surface area contributed by atoms with E-state index >= 15 is 0 Å². The molecule has 0 saturated carbocycles. The monoisotopic (exact) mass is 217 g/mol. The molecule has 1 aromatic rings. The van der Waals surface area contributed by atoms with Gasteiger partial charge in [0.25, 0.3) is 0 Å². The van der Waals surface area contributed by atoms with Gasteiger partial charge >= 0.3 is 0 Å². The summed E-state index contributed by atoms with van der Waals surface area (Å²) in [5, 5.41) is 3.53. The Morgan fingerprint density at radius 3 is 3.06 bits per heavy atom. The van der Waals surface area contributed by atoms with Crippen LogP contribution in [0.1, 0.15) is 12.0 Å². The summed E-state index contributed by atoms with van der Waals surface area (Å²) in [7, 11) is 0. The number of hydrogen-bond acceptors (Lipinski definition) is 3. The van der Waals surface area contributed by atoms with Crippen molar-refractivity contribution in [2.75, 3.05) is 24.5 Å². The maximum atomic E-state index is 5.60. The van der Waals surface area contributed by atoms with Crippen molar-refractivity contribution in [3.63, 3.8) is 0 Å². The molecule has 1 aromatic carbocycles. The number of anilines is 1. The number of nitrogens with zero attached hydrogens (tertiary/aromatic N) is 1. The van der Waals surface area contributed by atoms with Crippen molar-refractivity contribution in [2.24, 2.45) is 5.73 Å². The van der Waals surface area contributed by atoms with Crippen molar-refractivity contribution in [1.82, 2.24) is 5.32 Å². The Morgan fingerprint density at radius 1 is 1.44 bits per heavy atom. The highest BCUT2D eigenvalue weighted by Crippen LogP contribution is 2.29. The van der Waals surface area contributed by atoms with Crippen LogP contribution >= 0.6 is 0 Å². The molecule has 3 heteroatoms. The molecule has 3 N–H and O–H groups in total. The van der Waals surface area contributed by atoms with Crippen LogP contribution in [0, 0.1) is 0 Å². The van der Waals surface area contributed by atoms with E-state index in [-0.39, 0.29) is 0 Å². The molecule has 2 fully saturated rings. The molecule has 0 amide bonds. The van der Waals surface area contributed by atoms with E-state index < -0.39 is 0 Å². The fourth-order valence-corrected chi connectivity index (χ4v) is 2.93. The third kappa shape index (κ3) is 1.70. The Balaban J connectivity index is 1.81. The van der Waals surface area contributed by atoms with Crippen LogP contribution in [-0.2, 0) is 6.42 Å². The van der Waals surface area contributed by atoms with Crippen LogP contribution in [0.5, 0.6) is 0 Å². The zero-order valence-electron chi connectivity index (χ0n) is 9.52. The average Bonchev–Trinajstić information content (AvgIpc) is 2.91. The molecule has 3 rings (SSSR count). The maximum Gasteiger partial charge on any atom is 0.0430 e. The molecule has 0 aromatic heterocycles. The lowest BCUT2D eigenvalue weighted by atomic mass is 10.1. The molecule has 2 atom stereocenters. The summed E-state index contributed by atoms with van der Waals surface area (Å²) in [6, 6.07) is 10.3. The summed E-state index contributed by atoms with van der Waals surface area (Å²) in [6.07, 6.45) is 2.29. The van der Waals surface area contributed by atoms with Gasteiger partial charge in [-0.15, -0.1) is 0 Å². The van der Waals surface area contributed by atoms with Crippen molar-refractivity contribution in [3.8, 4) is 0 Å². The van der Waals surface area contributed by atoms with Crippen LogP contribution in [-0.4, -0.2) is 31.7 Å². The van der Waals surface area contributed by atoms with Gasteiger partial charge in [-0.1, -0.05) is 12.1 Å². The van der Waals surface area contributed by atoms with Gasteiger partial charge in [0.2, 0.25) is 0 Å². The standard InChI is InChI=1S/C13H19N3/c14-5-4-10-2-1-3-12(6-10)16-9-11-7-13(16)8-15-11/h1-3,6,11,13,15H,4-5,7-9,14H2. The summed E-state index contributed by atoms with van der Waals surface area (Å²) in [6.45, 7) is 3.04.